The fourth-order valence-corrected chi connectivity index (χ4v) is 3.81. The van der Waals surface area contributed by atoms with Crippen molar-refractivity contribution in [3.8, 4) is 11.3 Å². The molecule has 140 valence electrons. The maximum absolute atomic E-state index is 12.1. The first-order valence-corrected chi connectivity index (χ1v) is 9.85. The second-order valence-electron chi connectivity index (χ2n) is 6.50. The highest BCUT2D eigenvalue weighted by atomic mass is 32.2. The summed E-state index contributed by atoms with van der Waals surface area (Å²) in [5.41, 5.74) is 3.34. The van der Waals surface area contributed by atoms with Gasteiger partial charge in [-0.15, -0.1) is 5.10 Å². The minimum absolute atomic E-state index is 0.0394. The maximum Gasteiger partial charge on any atom is 0.239 e. The Morgan fingerprint density at radius 1 is 1.07 bits per heavy atom. The summed E-state index contributed by atoms with van der Waals surface area (Å²) in [6, 6.07) is 21.8. The Morgan fingerprint density at radius 3 is 2.64 bits per heavy atom. The van der Waals surface area contributed by atoms with E-state index in [1.165, 1.54) is 17.3 Å². The normalized spacial score (nSPS) is 18.1. The van der Waals surface area contributed by atoms with Crippen LogP contribution in [-0.2, 0) is 11.2 Å². The van der Waals surface area contributed by atoms with Gasteiger partial charge in [-0.1, -0.05) is 71.9 Å². The lowest BCUT2D eigenvalue weighted by Gasteiger charge is -2.04. The molecule has 28 heavy (non-hydrogen) atoms. The maximum atomic E-state index is 12.1. The van der Waals surface area contributed by atoms with E-state index in [9.17, 15) is 4.79 Å². The fourth-order valence-electron chi connectivity index (χ4n) is 2.85. The molecular weight excluding hydrogens is 370 g/mol. The van der Waals surface area contributed by atoms with Gasteiger partial charge in [0.2, 0.25) is 5.91 Å². The number of nitrogens with one attached hydrogen (secondary N) is 1. The van der Waals surface area contributed by atoms with E-state index in [0.29, 0.717) is 17.3 Å². The highest BCUT2D eigenvalue weighted by molar-refractivity contribution is 8.15. The molecule has 2 heterocycles. The van der Waals surface area contributed by atoms with E-state index in [2.05, 4.69) is 15.5 Å². The summed E-state index contributed by atoms with van der Waals surface area (Å²) in [6.07, 6.45) is 2.21. The van der Waals surface area contributed by atoms with Crippen LogP contribution in [0.25, 0.3) is 11.3 Å². The van der Waals surface area contributed by atoms with Gasteiger partial charge >= 0.3 is 0 Å². The minimum atomic E-state index is -0.187. The molecule has 0 unspecified atom stereocenters. The predicted octanol–water partition coefficient (Wildman–Crippen LogP) is 4.42. The van der Waals surface area contributed by atoms with Crippen molar-refractivity contribution in [2.24, 2.45) is 10.2 Å². The zero-order valence-corrected chi connectivity index (χ0v) is 16.1. The number of amidine groups is 1. The minimum Gasteiger partial charge on any atom is -0.455 e. The fraction of sp³-hybridized carbons (Fsp3) is 0.136. The molecule has 2 aromatic carbocycles. The zero-order valence-electron chi connectivity index (χ0n) is 15.3. The first kappa shape index (κ1) is 18.3. The first-order chi connectivity index (χ1) is 13.7. The molecule has 4 rings (SSSR count). The number of nitrogens with zero attached hydrogens (tertiary/aromatic N) is 2. The summed E-state index contributed by atoms with van der Waals surface area (Å²) in [6.45, 7) is 2.05. The van der Waals surface area contributed by atoms with Gasteiger partial charge < -0.3 is 9.73 Å². The highest BCUT2D eigenvalue weighted by Crippen LogP contribution is 2.24. The van der Waals surface area contributed by atoms with Crippen molar-refractivity contribution in [1.82, 2.24) is 5.32 Å². The first-order valence-electron chi connectivity index (χ1n) is 8.97. The van der Waals surface area contributed by atoms with Crippen molar-refractivity contribution in [2.75, 3.05) is 0 Å². The van der Waals surface area contributed by atoms with Crippen LogP contribution in [0, 0.1) is 6.92 Å². The molecule has 1 atom stereocenters. The molecule has 0 radical (unpaired) electrons. The molecule has 0 spiro atoms. The molecule has 5 nitrogen and oxygen atoms in total. The van der Waals surface area contributed by atoms with Gasteiger partial charge in [0, 0.05) is 5.56 Å². The van der Waals surface area contributed by atoms with Gasteiger partial charge in [-0.25, -0.2) is 0 Å². The van der Waals surface area contributed by atoms with Gasteiger partial charge in [0.25, 0.3) is 0 Å². The molecule has 0 bridgehead atoms. The van der Waals surface area contributed by atoms with Crippen molar-refractivity contribution in [2.45, 2.75) is 18.6 Å². The molecular formula is C22H19N3O2S. The Labute approximate surface area is 167 Å². The van der Waals surface area contributed by atoms with Crippen molar-refractivity contribution in [1.29, 1.82) is 0 Å². The molecule has 1 aliphatic heterocycles. The van der Waals surface area contributed by atoms with Gasteiger partial charge in [0.1, 0.15) is 11.5 Å². The van der Waals surface area contributed by atoms with Gasteiger partial charge in [0.15, 0.2) is 5.17 Å². The number of hydrogen-bond donors (Lipinski definition) is 1. The molecule has 1 aromatic heterocycles. The molecule has 0 aliphatic carbocycles. The Balaban J connectivity index is 1.38. The number of thioether (sulfide) groups is 1. The Hall–Kier alpha value is -3.12. The number of carbonyl (C=O) groups excluding carboxylic acids is 1. The summed E-state index contributed by atoms with van der Waals surface area (Å²) < 4.78 is 5.78. The lowest BCUT2D eigenvalue weighted by Crippen LogP contribution is -2.25. The van der Waals surface area contributed by atoms with Gasteiger partial charge in [-0.2, -0.15) is 5.10 Å². The number of carbonyl (C=O) groups is 1. The molecule has 0 saturated carbocycles. The van der Waals surface area contributed by atoms with E-state index in [1.54, 1.807) is 6.21 Å². The van der Waals surface area contributed by atoms with E-state index in [0.717, 1.165) is 16.9 Å². The van der Waals surface area contributed by atoms with Crippen LogP contribution in [0.4, 0.5) is 0 Å². The summed E-state index contributed by atoms with van der Waals surface area (Å²) in [5, 5.41) is 11.3. The molecule has 1 fully saturated rings. The van der Waals surface area contributed by atoms with Crippen molar-refractivity contribution in [3.63, 3.8) is 0 Å². The number of rotatable bonds is 5. The summed E-state index contributed by atoms with van der Waals surface area (Å²) in [7, 11) is 0. The van der Waals surface area contributed by atoms with E-state index in [-0.39, 0.29) is 11.2 Å². The van der Waals surface area contributed by atoms with Crippen LogP contribution in [0.1, 0.15) is 16.9 Å². The predicted molar refractivity (Wildman–Crippen MR) is 114 cm³/mol. The standard InChI is InChI=1S/C22H19N3O2S/c1-15-7-9-17(10-8-15)19-12-11-18(27-19)14-23-25-22-24-21(26)20(28-22)13-16-5-3-2-4-6-16/h2-12,14,20H,13H2,1H3,(H,24,25,26)/t20-/m0/s1. The summed E-state index contributed by atoms with van der Waals surface area (Å²) >= 11 is 1.40. The van der Waals surface area contributed by atoms with Crippen LogP contribution in [0.2, 0.25) is 0 Å². The molecule has 3 aromatic rings. The van der Waals surface area contributed by atoms with Crippen LogP contribution in [0.3, 0.4) is 0 Å². The second kappa shape index (κ2) is 8.27. The van der Waals surface area contributed by atoms with Crippen molar-refractivity contribution in [3.05, 3.63) is 83.6 Å². The number of hydrogen-bond acceptors (Lipinski definition) is 5. The Kier molecular flexibility index (Phi) is 5.39. The monoisotopic (exact) mass is 389 g/mol. The lowest BCUT2D eigenvalue weighted by molar-refractivity contribution is -0.118. The van der Waals surface area contributed by atoms with Crippen LogP contribution < -0.4 is 5.32 Å². The molecule has 1 saturated heterocycles. The topological polar surface area (TPSA) is 67.0 Å². The number of furan rings is 1. The van der Waals surface area contributed by atoms with Crippen LogP contribution in [0.15, 0.2) is 81.4 Å². The van der Waals surface area contributed by atoms with Crippen molar-refractivity contribution < 1.29 is 9.21 Å². The van der Waals surface area contributed by atoms with Crippen LogP contribution >= 0.6 is 11.8 Å². The van der Waals surface area contributed by atoms with Gasteiger partial charge in [-0.3, -0.25) is 4.79 Å². The average molecular weight is 389 g/mol. The number of aryl methyl sites for hydroxylation is 1. The smallest absolute Gasteiger partial charge is 0.239 e. The van der Waals surface area contributed by atoms with Crippen molar-refractivity contribution >= 4 is 29.1 Å². The van der Waals surface area contributed by atoms with E-state index < -0.39 is 0 Å². The molecule has 1 aliphatic rings. The Morgan fingerprint density at radius 2 is 1.86 bits per heavy atom. The largest absolute Gasteiger partial charge is 0.455 e. The SMILES string of the molecule is Cc1ccc(-c2ccc(C=N/N=C3\NC(=O)[C@H](Cc4ccccc4)S3)o2)cc1. The number of amides is 1. The number of benzene rings is 2. The summed E-state index contributed by atoms with van der Waals surface area (Å²) in [4.78, 5) is 12.1. The van der Waals surface area contributed by atoms with Crippen LogP contribution in [-0.4, -0.2) is 22.5 Å². The van der Waals surface area contributed by atoms with Crippen LogP contribution in [0.5, 0.6) is 0 Å². The van der Waals surface area contributed by atoms with E-state index in [1.807, 2.05) is 73.7 Å². The summed E-state index contributed by atoms with van der Waals surface area (Å²) in [5.74, 6) is 1.35. The highest BCUT2D eigenvalue weighted by Gasteiger charge is 2.30. The third-order valence-corrected chi connectivity index (χ3v) is 5.41. The third kappa shape index (κ3) is 4.40. The molecule has 6 heteroatoms. The molecule has 1 N–H and O–H groups in total. The molecule has 1 amide bonds. The third-order valence-electron chi connectivity index (χ3n) is 4.34. The average Bonchev–Trinajstić information content (AvgIpc) is 3.30. The zero-order chi connectivity index (χ0) is 19.3. The van der Waals surface area contributed by atoms with Gasteiger partial charge in [0.05, 0.1) is 11.5 Å². The van der Waals surface area contributed by atoms with Gasteiger partial charge in [-0.05, 0) is 31.0 Å². The lowest BCUT2D eigenvalue weighted by atomic mass is 10.1. The Bertz CT molecular complexity index is 1020. The second-order valence-corrected chi connectivity index (χ2v) is 7.69. The van der Waals surface area contributed by atoms with E-state index in [4.69, 9.17) is 4.42 Å². The quantitative estimate of drug-likeness (QED) is 0.519. The van der Waals surface area contributed by atoms with E-state index >= 15 is 0 Å².